The van der Waals surface area contributed by atoms with Gasteiger partial charge in [0.05, 0.1) is 26.4 Å². The number of unbranched alkanes of at least 4 members (excludes halogenated alkanes) is 41. The number of ether oxygens (including phenoxy) is 4. The Labute approximate surface area is 594 Å². The second kappa shape index (κ2) is 67.2. The highest BCUT2D eigenvalue weighted by molar-refractivity contribution is 7.47. The molecule has 0 aromatic carbocycles. The molecule has 0 fully saturated rings. The maximum atomic E-state index is 13.1. The van der Waals surface area contributed by atoms with Crippen molar-refractivity contribution < 1.29 is 80.2 Å². The molecule has 0 spiro atoms. The summed E-state index contributed by atoms with van der Waals surface area (Å²) in [4.78, 5) is 72.8. The van der Waals surface area contributed by atoms with Crippen LogP contribution in [0.25, 0.3) is 0 Å². The Kier molecular flexibility index (Phi) is 65.9. The first-order valence-electron chi connectivity index (χ1n) is 40.2. The minimum Gasteiger partial charge on any atom is -0.462 e. The Balaban J connectivity index is 5.14. The van der Waals surface area contributed by atoms with Crippen molar-refractivity contribution in [3.63, 3.8) is 0 Å². The minimum atomic E-state index is -4.96. The molecule has 0 amide bonds. The lowest BCUT2D eigenvalue weighted by Gasteiger charge is -2.21. The zero-order valence-corrected chi connectivity index (χ0v) is 65.5. The molecule has 3 N–H and O–H groups in total. The molecule has 0 aliphatic rings. The fraction of sp³-hybridized carbons (Fsp3) is 0.949. The number of carbonyl (C=O) groups excluding carboxylic acids is 4. The molecule has 0 aromatic rings. The van der Waals surface area contributed by atoms with Crippen LogP contribution in [0.4, 0.5) is 0 Å². The van der Waals surface area contributed by atoms with Crippen LogP contribution >= 0.6 is 15.6 Å². The molecule has 97 heavy (non-hydrogen) atoms. The first-order valence-corrected chi connectivity index (χ1v) is 43.2. The molecular formula is C78H152O17P2. The van der Waals surface area contributed by atoms with Crippen molar-refractivity contribution >= 4 is 39.5 Å². The summed E-state index contributed by atoms with van der Waals surface area (Å²) in [5.74, 6) is 0.888. The van der Waals surface area contributed by atoms with Crippen molar-refractivity contribution in [3.05, 3.63) is 0 Å². The van der Waals surface area contributed by atoms with Crippen LogP contribution in [0.5, 0.6) is 0 Å². The van der Waals surface area contributed by atoms with Gasteiger partial charge in [0.2, 0.25) is 0 Å². The number of aliphatic hydroxyl groups excluding tert-OH is 1. The number of carbonyl (C=O) groups is 4. The highest BCUT2D eigenvalue weighted by Crippen LogP contribution is 2.45. The van der Waals surface area contributed by atoms with Crippen LogP contribution in [0.15, 0.2) is 0 Å². The van der Waals surface area contributed by atoms with Gasteiger partial charge in [-0.25, -0.2) is 9.13 Å². The summed E-state index contributed by atoms with van der Waals surface area (Å²) < 4.78 is 68.5. The van der Waals surface area contributed by atoms with Gasteiger partial charge in [0.1, 0.15) is 19.3 Å². The fourth-order valence-electron chi connectivity index (χ4n) is 11.9. The number of phosphoric acid groups is 2. The van der Waals surface area contributed by atoms with E-state index in [4.69, 9.17) is 37.0 Å². The van der Waals surface area contributed by atoms with E-state index < -0.39 is 97.5 Å². The summed E-state index contributed by atoms with van der Waals surface area (Å²) in [6.07, 6.45) is 53.1. The first-order chi connectivity index (χ1) is 46.6. The molecule has 0 heterocycles. The predicted molar refractivity (Wildman–Crippen MR) is 395 cm³/mol. The van der Waals surface area contributed by atoms with Crippen molar-refractivity contribution in [1.29, 1.82) is 0 Å². The van der Waals surface area contributed by atoms with E-state index in [0.717, 1.165) is 108 Å². The van der Waals surface area contributed by atoms with E-state index in [1.165, 1.54) is 193 Å². The van der Waals surface area contributed by atoms with E-state index in [1.807, 2.05) is 0 Å². The third-order valence-corrected chi connectivity index (χ3v) is 20.0. The monoisotopic (exact) mass is 1420 g/mol. The lowest BCUT2D eigenvalue weighted by Crippen LogP contribution is -2.30. The Bertz CT molecular complexity index is 1900. The van der Waals surface area contributed by atoms with Crippen molar-refractivity contribution in [2.24, 2.45) is 23.7 Å². The van der Waals surface area contributed by atoms with Gasteiger partial charge >= 0.3 is 39.5 Å². The largest absolute Gasteiger partial charge is 0.472 e. The summed E-state index contributed by atoms with van der Waals surface area (Å²) in [5, 5.41) is 10.6. The van der Waals surface area contributed by atoms with E-state index in [9.17, 15) is 43.2 Å². The van der Waals surface area contributed by atoms with Gasteiger partial charge in [-0.05, 0) is 49.4 Å². The molecule has 0 aromatic heterocycles. The van der Waals surface area contributed by atoms with Gasteiger partial charge in [0.15, 0.2) is 12.2 Å². The van der Waals surface area contributed by atoms with Crippen molar-refractivity contribution in [1.82, 2.24) is 0 Å². The Morgan fingerprint density at radius 1 is 0.258 bits per heavy atom. The number of aliphatic hydroxyl groups is 1. The summed E-state index contributed by atoms with van der Waals surface area (Å²) in [6.45, 7) is 14.1. The quantitative estimate of drug-likeness (QED) is 0.0222. The van der Waals surface area contributed by atoms with Gasteiger partial charge in [0, 0.05) is 25.7 Å². The van der Waals surface area contributed by atoms with Crippen LogP contribution < -0.4 is 0 Å². The molecule has 0 aliphatic heterocycles. The molecule has 0 rings (SSSR count). The second-order valence-electron chi connectivity index (χ2n) is 30.0. The van der Waals surface area contributed by atoms with Gasteiger partial charge in [-0.1, -0.05) is 344 Å². The lowest BCUT2D eigenvalue weighted by molar-refractivity contribution is -0.161. The number of hydrogen-bond acceptors (Lipinski definition) is 15. The third-order valence-electron chi connectivity index (χ3n) is 18.1. The Morgan fingerprint density at radius 3 is 0.639 bits per heavy atom. The van der Waals surface area contributed by atoms with Crippen LogP contribution in [0.3, 0.4) is 0 Å². The first kappa shape index (κ1) is 95.1. The molecule has 5 atom stereocenters. The van der Waals surface area contributed by atoms with E-state index in [2.05, 4.69) is 55.4 Å². The van der Waals surface area contributed by atoms with Crippen LogP contribution in [-0.4, -0.2) is 96.7 Å². The molecule has 0 aliphatic carbocycles. The average molecular weight is 1420 g/mol. The summed E-state index contributed by atoms with van der Waals surface area (Å²) in [6, 6.07) is 0. The molecule has 0 radical (unpaired) electrons. The fourth-order valence-corrected chi connectivity index (χ4v) is 13.5. The summed E-state index contributed by atoms with van der Waals surface area (Å²) in [7, 11) is -9.91. The molecule has 0 bridgehead atoms. The smallest absolute Gasteiger partial charge is 0.462 e. The van der Waals surface area contributed by atoms with Gasteiger partial charge in [-0.3, -0.25) is 37.3 Å². The van der Waals surface area contributed by atoms with E-state index in [0.29, 0.717) is 37.5 Å². The van der Waals surface area contributed by atoms with Gasteiger partial charge in [-0.15, -0.1) is 0 Å². The summed E-state index contributed by atoms with van der Waals surface area (Å²) >= 11 is 0. The van der Waals surface area contributed by atoms with Crippen LogP contribution in [0.1, 0.15) is 396 Å². The number of esters is 4. The molecular weight excluding hydrogens is 1270 g/mol. The zero-order chi connectivity index (χ0) is 71.7. The van der Waals surface area contributed by atoms with Gasteiger partial charge in [0.25, 0.3) is 0 Å². The normalized spacial score (nSPS) is 14.1. The molecule has 0 saturated carbocycles. The maximum Gasteiger partial charge on any atom is 0.472 e. The molecule has 17 nitrogen and oxygen atoms in total. The van der Waals surface area contributed by atoms with Crippen molar-refractivity contribution in [2.75, 3.05) is 39.6 Å². The molecule has 0 saturated heterocycles. The predicted octanol–water partition coefficient (Wildman–Crippen LogP) is 22.8. The Hall–Kier alpha value is -1.94. The molecule has 19 heteroatoms. The van der Waals surface area contributed by atoms with E-state index in [1.54, 1.807) is 0 Å². The average Bonchev–Trinajstić information content (AvgIpc) is 1.04. The van der Waals surface area contributed by atoms with Crippen molar-refractivity contribution in [2.45, 2.75) is 414 Å². The van der Waals surface area contributed by atoms with Crippen LogP contribution in [0, 0.1) is 23.7 Å². The lowest BCUT2D eigenvalue weighted by atomic mass is 10.0. The van der Waals surface area contributed by atoms with Crippen molar-refractivity contribution in [3.8, 4) is 0 Å². The number of phosphoric ester groups is 2. The summed E-state index contributed by atoms with van der Waals surface area (Å²) in [5.41, 5.74) is 0. The SMILES string of the molecule is CC(C)CCCCCCCCCCCCCCCCCCCCC(=O)OC[C@H](COP(=O)(O)OCC(O)COP(=O)(O)OC[C@@H](COC(=O)CCCCCCCCCC(C)C)OC(=O)CCCCCCCCCCCCCCCC(C)C)OC(=O)CCCCCCCCCC(C)C. The molecule has 576 valence electrons. The highest BCUT2D eigenvalue weighted by Gasteiger charge is 2.30. The van der Waals surface area contributed by atoms with Crippen LogP contribution in [0.2, 0.25) is 0 Å². The molecule has 3 unspecified atom stereocenters. The Morgan fingerprint density at radius 2 is 0.433 bits per heavy atom. The van der Waals surface area contributed by atoms with Gasteiger partial charge in [-0.2, -0.15) is 0 Å². The van der Waals surface area contributed by atoms with Crippen LogP contribution in [-0.2, 0) is 65.4 Å². The topological polar surface area (TPSA) is 237 Å². The second-order valence-corrected chi connectivity index (χ2v) is 32.9. The maximum absolute atomic E-state index is 13.1. The number of hydrogen-bond donors (Lipinski definition) is 3. The standard InChI is InChI=1S/C78H152O17P2/c1-68(2)54-46-38-30-24-20-16-13-11-9-10-12-14-18-22-26-34-42-50-58-75(80)88-64-74(95-78(83)61-53-45-37-29-33-41-49-57-71(7)8)67-93-97(86,87)91-63-72(79)62-90-96(84,85)92-66-73(65-89-76(81)59-51-43-36-28-32-40-48-56-70(5)6)94-77(82)60-52-44-35-27-23-19-15-17-21-25-31-39-47-55-69(3)4/h68-74,79H,9-67H2,1-8H3,(H,84,85)(H,86,87)/t72?,73-,74-/m1/s1. The highest BCUT2D eigenvalue weighted by atomic mass is 31.2. The minimum absolute atomic E-state index is 0.104. The zero-order valence-electron chi connectivity index (χ0n) is 63.7. The third kappa shape index (κ3) is 72.2. The number of rotatable bonds is 75. The van der Waals surface area contributed by atoms with Gasteiger partial charge < -0.3 is 33.8 Å². The van der Waals surface area contributed by atoms with E-state index in [-0.39, 0.29) is 25.7 Å². The van der Waals surface area contributed by atoms with E-state index >= 15 is 0 Å².